The van der Waals surface area contributed by atoms with E-state index >= 15 is 0 Å². The summed E-state index contributed by atoms with van der Waals surface area (Å²) in [5, 5.41) is 34.4. The molecule has 166 valence electrons. The zero-order valence-electron chi connectivity index (χ0n) is 19.5. The van der Waals surface area contributed by atoms with Crippen LogP contribution in [0.15, 0.2) is 83.0 Å². The van der Waals surface area contributed by atoms with Gasteiger partial charge in [-0.25, -0.2) is 22.3 Å². The molecule has 2 aliphatic carbocycles. The molecule has 0 saturated heterocycles. The quantitative estimate of drug-likeness (QED) is 0.382. The topological polar surface area (TPSA) is 88.0 Å². The van der Waals surface area contributed by atoms with Crippen molar-refractivity contribution < 1.29 is 36.4 Å². The molecule has 0 saturated carbocycles. The maximum absolute atomic E-state index is 8.89. The fraction of sp³-hybridized carbons (Fsp3) is 0.214. The third kappa shape index (κ3) is 11.3. The molecule has 0 fully saturated rings. The van der Waals surface area contributed by atoms with Crippen molar-refractivity contribution in [1.82, 2.24) is 0 Å². The molecule has 2 aromatic carbocycles. The SMILES string of the molecule is CC1=C(C)CC=[C-]1.CC1=C(C)CC=[C-]1.N#Cc1ccccc1O.N#Cc1ccccc1O.[Zr+2]. The van der Waals surface area contributed by atoms with Gasteiger partial charge in [0.1, 0.15) is 23.6 Å². The first kappa shape index (κ1) is 29.9. The van der Waals surface area contributed by atoms with E-state index in [4.69, 9.17) is 20.7 Å². The number of nitrogens with zero attached hydrogens (tertiary/aromatic N) is 2. The number of phenols is 2. The fourth-order valence-electron chi connectivity index (χ4n) is 2.40. The van der Waals surface area contributed by atoms with E-state index in [2.05, 4.69) is 52.0 Å². The number of para-hydroxylation sites is 2. The van der Waals surface area contributed by atoms with Gasteiger partial charge in [0, 0.05) is 0 Å². The average Bonchev–Trinajstić information content (AvgIpc) is 3.36. The number of hydrogen-bond acceptors (Lipinski definition) is 4. The first-order valence-corrected chi connectivity index (χ1v) is 10.2. The third-order valence-corrected chi connectivity index (χ3v) is 4.78. The molecule has 4 rings (SSSR count). The van der Waals surface area contributed by atoms with Crippen molar-refractivity contribution in [3.05, 3.63) is 106 Å². The largest absolute Gasteiger partial charge is 2.00 e. The van der Waals surface area contributed by atoms with Crippen LogP contribution in [0.25, 0.3) is 0 Å². The Kier molecular flexibility index (Phi) is 14.9. The van der Waals surface area contributed by atoms with Crippen molar-refractivity contribution in [2.24, 2.45) is 0 Å². The summed E-state index contributed by atoms with van der Waals surface area (Å²) in [5.41, 5.74) is 6.19. The molecule has 33 heavy (non-hydrogen) atoms. The molecular formula is C28H28N2O2Zr. The third-order valence-electron chi connectivity index (χ3n) is 4.78. The van der Waals surface area contributed by atoms with Crippen molar-refractivity contribution in [2.45, 2.75) is 40.5 Å². The minimum absolute atomic E-state index is 0. The number of aromatic hydroxyl groups is 2. The molecule has 0 amide bonds. The van der Waals surface area contributed by atoms with Crippen LogP contribution in [-0.4, -0.2) is 10.2 Å². The van der Waals surface area contributed by atoms with Gasteiger partial charge in [0.15, 0.2) is 0 Å². The van der Waals surface area contributed by atoms with Crippen molar-refractivity contribution in [3.63, 3.8) is 0 Å². The molecule has 0 unspecified atom stereocenters. The molecule has 4 nitrogen and oxygen atoms in total. The van der Waals surface area contributed by atoms with E-state index in [1.807, 2.05) is 12.1 Å². The van der Waals surface area contributed by atoms with Gasteiger partial charge in [-0.1, -0.05) is 51.0 Å². The van der Waals surface area contributed by atoms with Gasteiger partial charge in [-0.05, 0) is 24.3 Å². The normalized spacial score (nSPS) is 12.7. The Morgan fingerprint density at radius 1 is 0.667 bits per heavy atom. The number of nitriles is 2. The van der Waals surface area contributed by atoms with Crippen LogP contribution >= 0.6 is 0 Å². The second-order valence-corrected chi connectivity index (χ2v) is 7.17. The minimum Gasteiger partial charge on any atom is -0.507 e. The second kappa shape index (κ2) is 16.5. The fourth-order valence-corrected chi connectivity index (χ4v) is 2.40. The van der Waals surface area contributed by atoms with E-state index in [-0.39, 0.29) is 37.7 Å². The van der Waals surface area contributed by atoms with Crippen LogP contribution in [0.5, 0.6) is 11.5 Å². The Morgan fingerprint density at radius 2 is 1.00 bits per heavy atom. The van der Waals surface area contributed by atoms with Crippen molar-refractivity contribution in [1.29, 1.82) is 10.5 Å². The standard InChI is InChI=1S/2C7H5NO.2C7H9.Zr/c2*8-5-6-3-1-2-4-7(6)9;2*1-6-4-3-5-7(6)2;/h2*1-4,9H;2*3H,4H2,1-2H3;/q;;2*-1;+2. The molecule has 0 heterocycles. The van der Waals surface area contributed by atoms with E-state index in [0.717, 1.165) is 12.8 Å². The number of phenolic OH excluding ortho intramolecular Hbond substituents is 2. The summed E-state index contributed by atoms with van der Waals surface area (Å²) in [7, 11) is 0. The molecule has 0 spiro atoms. The molecule has 2 aliphatic rings. The summed E-state index contributed by atoms with van der Waals surface area (Å²) < 4.78 is 0. The van der Waals surface area contributed by atoms with Gasteiger partial charge in [-0.15, -0.1) is 13.8 Å². The molecule has 0 bridgehead atoms. The van der Waals surface area contributed by atoms with E-state index in [0.29, 0.717) is 11.1 Å². The Hall–Kier alpha value is -3.14. The summed E-state index contributed by atoms with van der Waals surface area (Å²) in [6, 6.07) is 16.6. The maximum Gasteiger partial charge on any atom is 2.00 e. The van der Waals surface area contributed by atoms with Crippen LogP contribution in [0.4, 0.5) is 0 Å². The Labute approximate surface area is 216 Å². The van der Waals surface area contributed by atoms with E-state index in [1.165, 1.54) is 34.4 Å². The van der Waals surface area contributed by atoms with Crippen LogP contribution in [-0.2, 0) is 26.2 Å². The van der Waals surface area contributed by atoms with Gasteiger partial charge in [-0.2, -0.15) is 22.7 Å². The summed E-state index contributed by atoms with van der Waals surface area (Å²) in [4.78, 5) is 0. The molecule has 0 atom stereocenters. The molecule has 0 aromatic heterocycles. The second-order valence-electron chi connectivity index (χ2n) is 7.17. The zero-order valence-corrected chi connectivity index (χ0v) is 21.9. The summed E-state index contributed by atoms with van der Waals surface area (Å²) >= 11 is 0. The van der Waals surface area contributed by atoms with Gasteiger partial charge in [0.2, 0.25) is 0 Å². The molecule has 0 aliphatic heterocycles. The van der Waals surface area contributed by atoms with Gasteiger partial charge in [-0.3, -0.25) is 12.2 Å². The first-order valence-electron chi connectivity index (χ1n) is 10.2. The van der Waals surface area contributed by atoms with Gasteiger partial charge in [0.05, 0.1) is 11.1 Å². The van der Waals surface area contributed by atoms with Crippen LogP contribution in [0, 0.1) is 34.8 Å². The number of allylic oxidation sites excluding steroid dienone is 8. The monoisotopic (exact) mass is 514 g/mol. The molecule has 5 heteroatoms. The summed E-state index contributed by atoms with van der Waals surface area (Å²) in [5.74, 6) is 0.0833. The molecular weight excluding hydrogens is 488 g/mol. The predicted molar refractivity (Wildman–Crippen MR) is 127 cm³/mol. The summed E-state index contributed by atoms with van der Waals surface area (Å²) in [6.07, 6.45) is 12.6. The molecule has 2 aromatic rings. The van der Waals surface area contributed by atoms with Crippen LogP contribution in [0.2, 0.25) is 0 Å². The van der Waals surface area contributed by atoms with Gasteiger partial charge < -0.3 is 10.2 Å². The Balaban J connectivity index is 0.000000412. The van der Waals surface area contributed by atoms with E-state index in [1.54, 1.807) is 36.4 Å². The predicted octanol–water partition coefficient (Wildman–Crippen LogP) is 6.70. The number of benzene rings is 2. The average molecular weight is 516 g/mol. The van der Waals surface area contributed by atoms with Crippen LogP contribution < -0.4 is 0 Å². The molecule has 0 radical (unpaired) electrons. The minimum atomic E-state index is 0. The van der Waals surface area contributed by atoms with E-state index in [9.17, 15) is 0 Å². The van der Waals surface area contributed by atoms with Gasteiger partial charge >= 0.3 is 26.2 Å². The Morgan fingerprint density at radius 3 is 1.15 bits per heavy atom. The zero-order chi connectivity index (χ0) is 23.9. The van der Waals surface area contributed by atoms with Crippen molar-refractivity contribution in [2.75, 3.05) is 0 Å². The maximum atomic E-state index is 8.89. The summed E-state index contributed by atoms with van der Waals surface area (Å²) in [6.45, 7) is 8.48. The first-order chi connectivity index (χ1) is 15.3. The molecule has 2 N–H and O–H groups in total. The number of hydrogen-bond donors (Lipinski definition) is 2. The van der Waals surface area contributed by atoms with Gasteiger partial charge in [0.25, 0.3) is 0 Å². The van der Waals surface area contributed by atoms with Crippen LogP contribution in [0.3, 0.4) is 0 Å². The number of rotatable bonds is 0. The van der Waals surface area contributed by atoms with Crippen molar-refractivity contribution >= 4 is 0 Å². The van der Waals surface area contributed by atoms with Crippen LogP contribution in [0.1, 0.15) is 51.7 Å². The smallest absolute Gasteiger partial charge is 0.507 e. The van der Waals surface area contributed by atoms with Crippen molar-refractivity contribution in [3.8, 4) is 23.6 Å². The van der Waals surface area contributed by atoms with E-state index < -0.39 is 0 Å². The Bertz CT molecular complexity index is 1020.